The Morgan fingerprint density at radius 2 is 2.29 bits per heavy atom. The molecule has 1 atom stereocenters. The predicted molar refractivity (Wildman–Crippen MR) is 114 cm³/mol. The highest BCUT2D eigenvalue weighted by Gasteiger charge is 2.23. The number of carbonyl (C=O) groups excluding carboxylic acids is 1. The van der Waals surface area contributed by atoms with Crippen molar-refractivity contribution in [3.05, 3.63) is 39.2 Å². The summed E-state index contributed by atoms with van der Waals surface area (Å²) in [6.07, 6.45) is 4.97. The summed E-state index contributed by atoms with van der Waals surface area (Å²) in [6.45, 7) is 2.31. The van der Waals surface area contributed by atoms with Crippen molar-refractivity contribution in [2.75, 3.05) is 11.1 Å². The minimum Gasteiger partial charge on any atom is -0.310 e. The zero-order valence-electron chi connectivity index (χ0n) is 15.6. The van der Waals surface area contributed by atoms with E-state index in [0.717, 1.165) is 29.7 Å². The van der Waals surface area contributed by atoms with Gasteiger partial charge in [-0.2, -0.15) is 0 Å². The Morgan fingerprint density at radius 3 is 3.07 bits per heavy atom. The van der Waals surface area contributed by atoms with Crippen molar-refractivity contribution < 1.29 is 4.79 Å². The molecule has 3 heterocycles. The molecule has 0 spiro atoms. The van der Waals surface area contributed by atoms with Gasteiger partial charge in [-0.1, -0.05) is 30.3 Å². The quantitative estimate of drug-likeness (QED) is 0.602. The van der Waals surface area contributed by atoms with Crippen LogP contribution in [0.3, 0.4) is 0 Å². The normalized spacial score (nSPS) is 16.0. The van der Waals surface area contributed by atoms with Gasteiger partial charge in [-0.05, 0) is 42.9 Å². The summed E-state index contributed by atoms with van der Waals surface area (Å²) < 4.78 is 1.97. The van der Waals surface area contributed by atoms with Crippen LogP contribution in [0.5, 0.6) is 0 Å². The van der Waals surface area contributed by atoms with E-state index >= 15 is 0 Å². The molecule has 6 nitrogen and oxygen atoms in total. The number of carbonyl (C=O) groups is 1. The summed E-state index contributed by atoms with van der Waals surface area (Å²) >= 11 is 8.99. The van der Waals surface area contributed by atoms with E-state index in [9.17, 15) is 4.79 Å². The lowest BCUT2D eigenvalue weighted by atomic mass is 9.88. The van der Waals surface area contributed by atoms with Crippen LogP contribution in [0.4, 0.5) is 5.82 Å². The van der Waals surface area contributed by atoms with E-state index in [-0.39, 0.29) is 11.7 Å². The molecule has 4 rings (SSSR count). The molecule has 0 aromatic carbocycles. The third-order valence-electron chi connectivity index (χ3n) is 4.80. The molecule has 0 aliphatic heterocycles. The second-order valence-electron chi connectivity index (χ2n) is 6.96. The van der Waals surface area contributed by atoms with Gasteiger partial charge in [0.2, 0.25) is 5.91 Å². The van der Waals surface area contributed by atoms with Crippen LogP contribution in [0.15, 0.2) is 28.9 Å². The average Bonchev–Trinajstić information content (AvgIpc) is 3.24. The fourth-order valence-electron chi connectivity index (χ4n) is 3.30. The Bertz CT molecular complexity index is 998. The van der Waals surface area contributed by atoms with E-state index in [1.165, 1.54) is 40.4 Å². The van der Waals surface area contributed by atoms with Gasteiger partial charge in [0.05, 0.1) is 10.8 Å². The van der Waals surface area contributed by atoms with Crippen LogP contribution >= 0.6 is 34.7 Å². The monoisotopic (exact) mass is 433 g/mol. The van der Waals surface area contributed by atoms with E-state index in [4.69, 9.17) is 11.6 Å². The van der Waals surface area contributed by atoms with Crippen molar-refractivity contribution >= 4 is 46.4 Å². The lowest BCUT2D eigenvalue weighted by Crippen LogP contribution is -2.15. The number of pyridine rings is 1. The molecule has 9 heteroatoms. The van der Waals surface area contributed by atoms with Crippen LogP contribution in [0, 0.1) is 5.92 Å². The molecule has 1 unspecified atom stereocenters. The second-order valence-corrected chi connectivity index (χ2v) is 9.31. The van der Waals surface area contributed by atoms with Crippen LogP contribution in [0.2, 0.25) is 5.02 Å². The summed E-state index contributed by atoms with van der Waals surface area (Å²) in [4.78, 5) is 17.7. The summed E-state index contributed by atoms with van der Waals surface area (Å²) in [5.74, 6) is 2.18. The van der Waals surface area contributed by atoms with Crippen LogP contribution < -0.4 is 5.32 Å². The number of halogens is 1. The number of thioether (sulfide) groups is 1. The minimum absolute atomic E-state index is 0.147. The number of aromatic nitrogens is 4. The van der Waals surface area contributed by atoms with E-state index < -0.39 is 0 Å². The average molecular weight is 434 g/mol. The van der Waals surface area contributed by atoms with Crippen molar-refractivity contribution in [3.63, 3.8) is 0 Å². The molecule has 28 heavy (non-hydrogen) atoms. The Hall–Kier alpha value is -1.90. The minimum atomic E-state index is -0.147. The highest BCUT2D eigenvalue weighted by Crippen LogP contribution is 2.38. The van der Waals surface area contributed by atoms with Crippen LogP contribution in [-0.4, -0.2) is 31.4 Å². The van der Waals surface area contributed by atoms with Gasteiger partial charge in [0.25, 0.3) is 0 Å². The van der Waals surface area contributed by atoms with Gasteiger partial charge in [0.15, 0.2) is 11.0 Å². The first kappa shape index (κ1) is 19.4. The zero-order valence-corrected chi connectivity index (χ0v) is 18.0. The van der Waals surface area contributed by atoms with Gasteiger partial charge >= 0.3 is 0 Å². The highest BCUT2D eigenvalue weighted by molar-refractivity contribution is 7.99. The molecule has 0 bridgehead atoms. The van der Waals surface area contributed by atoms with Gasteiger partial charge in [-0.3, -0.25) is 4.79 Å². The lowest BCUT2D eigenvalue weighted by Gasteiger charge is -2.18. The van der Waals surface area contributed by atoms with Crippen LogP contribution in [0.1, 0.15) is 23.8 Å². The Labute approximate surface area is 176 Å². The standard InChI is InChI=1S/C19H20ClN5OS2/c1-11-3-5-13-14(9-27-15(13)7-11)18-23-24-19(25(18)2)28-10-17(26)22-16-6-4-12(20)8-21-16/h4,6,8-9,11H,3,5,7,10H2,1-2H3,(H,21,22,26). The number of nitrogens with one attached hydrogen (secondary N) is 1. The van der Waals surface area contributed by atoms with E-state index in [2.05, 4.69) is 32.8 Å². The van der Waals surface area contributed by atoms with Gasteiger partial charge in [-0.25, -0.2) is 4.98 Å². The Balaban J connectivity index is 1.43. The van der Waals surface area contributed by atoms with E-state index in [1.54, 1.807) is 12.1 Å². The van der Waals surface area contributed by atoms with Crippen molar-refractivity contribution in [2.45, 2.75) is 31.3 Å². The molecule has 1 aliphatic carbocycles. The van der Waals surface area contributed by atoms with Crippen molar-refractivity contribution in [3.8, 4) is 11.4 Å². The van der Waals surface area contributed by atoms with Crippen LogP contribution in [0.25, 0.3) is 11.4 Å². The fourth-order valence-corrected chi connectivity index (χ4v) is 5.36. The predicted octanol–water partition coefficient (Wildman–Crippen LogP) is 4.45. The summed E-state index contributed by atoms with van der Waals surface area (Å²) in [5.41, 5.74) is 2.60. The number of amides is 1. The van der Waals surface area contributed by atoms with Gasteiger partial charge < -0.3 is 9.88 Å². The smallest absolute Gasteiger partial charge is 0.236 e. The molecule has 146 valence electrons. The number of fused-ring (bicyclic) bond motifs is 1. The molecular weight excluding hydrogens is 414 g/mol. The number of hydrogen-bond acceptors (Lipinski definition) is 6. The molecule has 3 aromatic heterocycles. The first-order valence-electron chi connectivity index (χ1n) is 9.04. The lowest BCUT2D eigenvalue weighted by molar-refractivity contribution is -0.113. The fraction of sp³-hybridized carbons (Fsp3) is 0.368. The number of nitrogens with zero attached hydrogens (tertiary/aromatic N) is 4. The third kappa shape index (κ3) is 4.09. The molecule has 0 saturated carbocycles. The van der Waals surface area contributed by atoms with Gasteiger partial charge in [0, 0.05) is 29.1 Å². The maximum absolute atomic E-state index is 12.2. The first-order chi connectivity index (χ1) is 13.5. The highest BCUT2D eigenvalue weighted by atomic mass is 35.5. The van der Waals surface area contributed by atoms with Crippen molar-refractivity contribution in [1.82, 2.24) is 19.7 Å². The van der Waals surface area contributed by atoms with Crippen molar-refractivity contribution in [1.29, 1.82) is 0 Å². The number of rotatable bonds is 5. The second kappa shape index (κ2) is 8.23. The Morgan fingerprint density at radius 1 is 1.43 bits per heavy atom. The SMILES string of the molecule is CC1CCc2c(-c3nnc(SCC(=O)Nc4ccc(Cl)cn4)n3C)csc2C1. The zero-order chi connectivity index (χ0) is 19.7. The first-order valence-corrected chi connectivity index (χ1v) is 11.3. The molecule has 0 saturated heterocycles. The summed E-state index contributed by atoms with van der Waals surface area (Å²) in [6, 6.07) is 3.36. The Kier molecular flexibility index (Phi) is 5.70. The maximum atomic E-state index is 12.2. The topological polar surface area (TPSA) is 72.7 Å². The molecule has 1 N–H and O–H groups in total. The number of anilines is 1. The van der Waals surface area contributed by atoms with Gasteiger partial charge in [-0.15, -0.1) is 21.5 Å². The van der Waals surface area contributed by atoms with E-state index in [1.807, 2.05) is 23.0 Å². The molecule has 1 aliphatic rings. The van der Waals surface area contributed by atoms with Gasteiger partial charge in [0.1, 0.15) is 5.82 Å². The molecular formula is C19H20ClN5OS2. The molecule has 3 aromatic rings. The molecule has 1 amide bonds. The third-order valence-corrected chi connectivity index (χ3v) is 7.10. The summed E-state index contributed by atoms with van der Waals surface area (Å²) in [7, 11) is 1.95. The molecule has 0 fully saturated rings. The maximum Gasteiger partial charge on any atom is 0.236 e. The van der Waals surface area contributed by atoms with Crippen molar-refractivity contribution in [2.24, 2.45) is 13.0 Å². The largest absolute Gasteiger partial charge is 0.310 e. The molecule has 0 radical (unpaired) electrons. The van der Waals surface area contributed by atoms with E-state index in [0.29, 0.717) is 10.8 Å². The van der Waals surface area contributed by atoms with Crippen LogP contribution in [-0.2, 0) is 24.7 Å². The summed E-state index contributed by atoms with van der Waals surface area (Å²) in [5, 5.41) is 14.9. The number of thiophene rings is 1. The number of hydrogen-bond donors (Lipinski definition) is 1.